The van der Waals surface area contributed by atoms with Gasteiger partial charge in [0.2, 0.25) is 0 Å². The van der Waals surface area contributed by atoms with Gasteiger partial charge >= 0.3 is 0 Å². The maximum Gasteiger partial charge on any atom is 0.159 e. The number of carbonyl (C=O) groups is 2. The number of hydrogen-bond donors (Lipinski definition) is 0. The fourth-order valence-electron chi connectivity index (χ4n) is 1.59. The number of allylic oxidation sites excluding steroid dienone is 1. The minimum Gasteiger partial charge on any atom is -0.298 e. The second kappa shape index (κ2) is 2.54. The second-order valence-corrected chi connectivity index (χ2v) is 4.10. The van der Waals surface area contributed by atoms with E-state index in [0.29, 0.717) is 12.0 Å². The monoisotopic (exact) mass is 166 g/mol. The van der Waals surface area contributed by atoms with Crippen LogP contribution in [0.2, 0.25) is 0 Å². The van der Waals surface area contributed by atoms with Gasteiger partial charge in [-0.15, -0.1) is 0 Å². The smallest absolute Gasteiger partial charge is 0.159 e. The minimum absolute atomic E-state index is 0.0344. The highest BCUT2D eigenvalue weighted by molar-refractivity contribution is 6.08. The lowest BCUT2D eigenvalue weighted by Gasteiger charge is -2.32. The Morgan fingerprint density at radius 1 is 1.42 bits per heavy atom. The van der Waals surface area contributed by atoms with Crippen LogP contribution in [0.1, 0.15) is 27.2 Å². The van der Waals surface area contributed by atoms with Crippen molar-refractivity contribution in [3.63, 3.8) is 0 Å². The van der Waals surface area contributed by atoms with Crippen molar-refractivity contribution in [3.05, 3.63) is 12.2 Å². The van der Waals surface area contributed by atoms with Crippen LogP contribution in [0.25, 0.3) is 0 Å². The van der Waals surface area contributed by atoms with Crippen molar-refractivity contribution in [1.82, 2.24) is 0 Å². The van der Waals surface area contributed by atoms with Crippen LogP contribution < -0.4 is 0 Å². The van der Waals surface area contributed by atoms with Crippen LogP contribution in [-0.4, -0.2) is 11.6 Å². The number of Topliss-reactive ketones (excluding diaryl/α,β-unsaturated/α-hetero) is 2. The molecule has 0 radical (unpaired) electrons. The van der Waals surface area contributed by atoms with E-state index >= 15 is 0 Å². The van der Waals surface area contributed by atoms with Crippen molar-refractivity contribution in [2.24, 2.45) is 11.3 Å². The van der Waals surface area contributed by atoms with E-state index in [1.165, 1.54) is 0 Å². The summed E-state index contributed by atoms with van der Waals surface area (Å²) in [6, 6.07) is 0. The molecule has 0 spiro atoms. The molecule has 1 rings (SSSR count). The van der Waals surface area contributed by atoms with Gasteiger partial charge in [0.1, 0.15) is 5.78 Å². The Morgan fingerprint density at radius 3 is 2.42 bits per heavy atom. The molecule has 0 aromatic rings. The fourth-order valence-corrected chi connectivity index (χ4v) is 1.59. The first-order chi connectivity index (χ1) is 5.36. The van der Waals surface area contributed by atoms with Crippen LogP contribution in [-0.2, 0) is 9.59 Å². The average Bonchev–Trinajstić information content (AvgIpc) is 1.97. The topological polar surface area (TPSA) is 34.1 Å². The Kier molecular flexibility index (Phi) is 1.94. The van der Waals surface area contributed by atoms with E-state index in [2.05, 4.69) is 6.58 Å². The third-order valence-electron chi connectivity index (χ3n) is 2.54. The summed E-state index contributed by atoms with van der Waals surface area (Å²) in [4.78, 5) is 22.9. The number of carbonyl (C=O) groups excluding carboxylic acids is 2. The Morgan fingerprint density at radius 2 is 1.92 bits per heavy atom. The largest absolute Gasteiger partial charge is 0.298 e. The highest BCUT2D eigenvalue weighted by atomic mass is 16.1. The molecule has 2 heteroatoms. The lowest BCUT2D eigenvalue weighted by molar-refractivity contribution is -0.137. The molecular weight excluding hydrogens is 152 g/mol. The molecular formula is C10H14O2. The number of ketones is 2. The predicted octanol–water partition coefficient (Wildman–Crippen LogP) is 1.75. The molecule has 1 atom stereocenters. The van der Waals surface area contributed by atoms with E-state index in [1.807, 2.05) is 13.8 Å². The summed E-state index contributed by atoms with van der Waals surface area (Å²) in [5, 5.41) is 0. The van der Waals surface area contributed by atoms with Crippen LogP contribution >= 0.6 is 0 Å². The SMILES string of the molecule is C=C1C(=O)CC(C)(C)C(=O)C1C. The van der Waals surface area contributed by atoms with Gasteiger partial charge in [-0.25, -0.2) is 0 Å². The zero-order chi connectivity index (χ0) is 9.52. The van der Waals surface area contributed by atoms with Crippen LogP contribution in [0.15, 0.2) is 12.2 Å². The minimum atomic E-state index is -0.488. The summed E-state index contributed by atoms with van der Waals surface area (Å²) in [5.74, 6) is -0.125. The number of hydrogen-bond acceptors (Lipinski definition) is 2. The van der Waals surface area contributed by atoms with E-state index in [-0.39, 0.29) is 17.5 Å². The zero-order valence-corrected chi connectivity index (χ0v) is 7.81. The normalized spacial score (nSPS) is 29.2. The van der Waals surface area contributed by atoms with Gasteiger partial charge in [-0.2, -0.15) is 0 Å². The highest BCUT2D eigenvalue weighted by Gasteiger charge is 2.41. The molecule has 66 valence electrons. The van der Waals surface area contributed by atoms with Crippen LogP contribution in [0.5, 0.6) is 0 Å². The first-order valence-corrected chi connectivity index (χ1v) is 4.12. The maximum atomic E-state index is 11.6. The summed E-state index contributed by atoms with van der Waals surface area (Å²) >= 11 is 0. The van der Waals surface area contributed by atoms with Crippen LogP contribution in [0.3, 0.4) is 0 Å². The lowest BCUT2D eigenvalue weighted by Crippen LogP contribution is -2.39. The molecule has 0 N–H and O–H groups in total. The summed E-state index contributed by atoms with van der Waals surface area (Å²) in [5.41, 5.74) is -0.0168. The molecule has 0 aromatic carbocycles. The molecule has 2 nitrogen and oxygen atoms in total. The summed E-state index contributed by atoms with van der Waals surface area (Å²) in [6.07, 6.45) is 0.314. The van der Waals surface area contributed by atoms with E-state index < -0.39 is 5.41 Å². The van der Waals surface area contributed by atoms with Gasteiger partial charge in [0.15, 0.2) is 5.78 Å². The molecule has 0 aliphatic heterocycles. The molecule has 0 heterocycles. The highest BCUT2D eigenvalue weighted by Crippen LogP contribution is 2.35. The fraction of sp³-hybridized carbons (Fsp3) is 0.600. The first kappa shape index (κ1) is 9.17. The van der Waals surface area contributed by atoms with Gasteiger partial charge in [-0.3, -0.25) is 9.59 Å². The predicted molar refractivity (Wildman–Crippen MR) is 46.7 cm³/mol. The Labute approximate surface area is 72.7 Å². The van der Waals surface area contributed by atoms with Crippen molar-refractivity contribution in [2.75, 3.05) is 0 Å². The Bertz CT molecular complexity index is 261. The van der Waals surface area contributed by atoms with Gasteiger partial charge in [-0.1, -0.05) is 27.4 Å². The second-order valence-electron chi connectivity index (χ2n) is 4.10. The summed E-state index contributed by atoms with van der Waals surface area (Å²) in [7, 11) is 0. The number of rotatable bonds is 0. The third-order valence-corrected chi connectivity index (χ3v) is 2.54. The molecule has 0 aromatic heterocycles. The van der Waals surface area contributed by atoms with Crippen LogP contribution in [0.4, 0.5) is 0 Å². The average molecular weight is 166 g/mol. The molecule has 12 heavy (non-hydrogen) atoms. The van der Waals surface area contributed by atoms with Crippen molar-refractivity contribution in [1.29, 1.82) is 0 Å². The Hall–Kier alpha value is -0.920. The van der Waals surface area contributed by atoms with Gasteiger partial charge in [0, 0.05) is 17.8 Å². The van der Waals surface area contributed by atoms with Crippen molar-refractivity contribution in [3.8, 4) is 0 Å². The summed E-state index contributed by atoms with van der Waals surface area (Å²) < 4.78 is 0. The molecule has 1 saturated carbocycles. The zero-order valence-electron chi connectivity index (χ0n) is 7.81. The van der Waals surface area contributed by atoms with Crippen molar-refractivity contribution < 1.29 is 9.59 Å². The third kappa shape index (κ3) is 1.22. The Balaban J connectivity index is 3.01. The molecule has 0 bridgehead atoms. The molecule has 1 unspecified atom stereocenters. The van der Waals surface area contributed by atoms with Gasteiger partial charge < -0.3 is 0 Å². The molecule has 1 aliphatic rings. The van der Waals surface area contributed by atoms with E-state index in [4.69, 9.17) is 0 Å². The summed E-state index contributed by atoms with van der Waals surface area (Å²) in [6.45, 7) is 9.01. The maximum absolute atomic E-state index is 11.6. The molecule has 1 aliphatic carbocycles. The van der Waals surface area contributed by atoms with E-state index in [0.717, 1.165) is 0 Å². The van der Waals surface area contributed by atoms with Gasteiger partial charge in [0.25, 0.3) is 0 Å². The van der Waals surface area contributed by atoms with Crippen LogP contribution in [0, 0.1) is 11.3 Å². The van der Waals surface area contributed by atoms with Gasteiger partial charge in [0.05, 0.1) is 0 Å². The van der Waals surface area contributed by atoms with Gasteiger partial charge in [-0.05, 0) is 5.57 Å². The molecule has 0 saturated heterocycles. The molecule has 1 fully saturated rings. The lowest BCUT2D eigenvalue weighted by atomic mass is 9.69. The van der Waals surface area contributed by atoms with E-state index in [9.17, 15) is 9.59 Å². The van der Waals surface area contributed by atoms with Crippen molar-refractivity contribution >= 4 is 11.6 Å². The standard InChI is InChI=1S/C10H14O2/c1-6-7(2)9(12)10(3,4)5-8(6)11/h7H,1,5H2,2-4H3. The molecule has 0 amide bonds. The van der Waals surface area contributed by atoms with Crippen molar-refractivity contribution in [2.45, 2.75) is 27.2 Å². The quantitative estimate of drug-likeness (QED) is 0.514. The first-order valence-electron chi connectivity index (χ1n) is 4.12. The van der Waals surface area contributed by atoms with E-state index in [1.54, 1.807) is 6.92 Å².